The molecule has 1 atom stereocenters. The van der Waals surface area contributed by atoms with Gasteiger partial charge < -0.3 is 10.6 Å². The molecule has 3 heterocycles. The number of hydrogen-bond acceptors (Lipinski definition) is 5. The Balaban J connectivity index is 1.83. The molecule has 1 aromatic rings. The van der Waals surface area contributed by atoms with Crippen LogP contribution in [-0.2, 0) is 10.0 Å². The second kappa shape index (κ2) is 5.30. The summed E-state index contributed by atoms with van der Waals surface area (Å²) in [6.07, 6.45) is 2.08. The van der Waals surface area contributed by atoms with Crippen LogP contribution in [0.2, 0.25) is 0 Å². The number of nitrogens with two attached hydrogens (primary N) is 1. The molecule has 1 aromatic carbocycles. The van der Waals surface area contributed by atoms with E-state index >= 15 is 0 Å². The molecule has 0 aliphatic carbocycles. The maximum absolute atomic E-state index is 12.5. The van der Waals surface area contributed by atoms with Gasteiger partial charge in [-0.05, 0) is 50.0 Å². The normalized spacial score (nSPS) is 28.2. The van der Waals surface area contributed by atoms with E-state index in [-0.39, 0.29) is 16.6 Å². The predicted molar refractivity (Wildman–Crippen MR) is 78.8 cm³/mol. The summed E-state index contributed by atoms with van der Waals surface area (Å²) in [7, 11) is -3.65. The summed E-state index contributed by atoms with van der Waals surface area (Å²) in [5.41, 5.74) is 6.25. The van der Waals surface area contributed by atoms with Crippen LogP contribution in [0.5, 0.6) is 0 Å². The van der Waals surface area contributed by atoms with Crippen molar-refractivity contribution in [2.45, 2.75) is 23.8 Å². The van der Waals surface area contributed by atoms with E-state index in [1.165, 1.54) is 18.2 Å². The third-order valence-corrected chi connectivity index (χ3v) is 5.95. The van der Waals surface area contributed by atoms with Crippen molar-refractivity contribution in [2.24, 2.45) is 5.92 Å². The molecule has 21 heavy (non-hydrogen) atoms. The standard InChI is InChI=1S/C14H18N4O2S/c15-8-10-1-2-14(12(16)7-10)21(19,20)17-13-9-18-5-3-11(13)4-6-18/h1-2,7,11,13,17H,3-6,9,16H2. The SMILES string of the molecule is N#Cc1ccc(S(=O)(=O)NC2CN3CCC2CC3)c(N)c1. The molecule has 1 unspecified atom stereocenters. The molecule has 3 fully saturated rings. The van der Waals surface area contributed by atoms with Crippen molar-refractivity contribution in [3.8, 4) is 6.07 Å². The molecule has 3 saturated heterocycles. The van der Waals surface area contributed by atoms with Gasteiger partial charge in [0.15, 0.2) is 0 Å². The molecule has 3 N–H and O–H groups in total. The van der Waals surface area contributed by atoms with Crippen LogP contribution in [0.15, 0.2) is 23.1 Å². The maximum Gasteiger partial charge on any atom is 0.242 e. The minimum atomic E-state index is -3.65. The summed E-state index contributed by atoms with van der Waals surface area (Å²) in [6, 6.07) is 6.17. The van der Waals surface area contributed by atoms with Crippen molar-refractivity contribution in [1.82, 2.24) is 9.62 Å². The highest BCUT2D eigenvalue weighted by Gasteiger charge is 2.36. The van der Waals surface area contributed by atoms with Crippen LogP contribution in [0.3, 0.4) is 0 Å². The van der Waals surface area contributed by atoms with Crippen LogP contribution in [0.4, 0.5) is 5.69 Å². The monoisotopic (exact) mass is 306 g/mol. The summed E-state index contributed by atoms with van der Waals surface area (Å²) in [5, 5.41) is 8.81. The Morgan fingerprint density at radius 1 is 1.33 bits per heavy atom. The smallest absolute Gasteiger partial charge is 0.242 e. The minimum absolute atomic E-state index is 0.0486. The van der Waals surface area contributed by atoms with Gasteiger partial charge in [-0.15, -0.1) is 0 Å². The third kappa shape index (κ3) is 2.75. The van der Waals surface area contributed by atoms with Crippen molar-refractivity contribution in [1.29, 1.82) is 5.26 Å². The summed E-state index contributed by atoms with van der Waals surface area (Å²) in [4.78, 5) is 2.34. The molecule has 6 nitrogen and oxygen atoms in total. The molecule has 3 aliphatic rings. The number of nitriles is 1. The quantitative estimate of drug-likeness (QED) is 0.793. The Kier molecular flexibility index (Phi) is 3.61. The van der Waals surface area contributed by atoms with Crippen LogP contribution in [-0.4, -0.2) is 39.0 Å². The highest BCUT2D eigenvalue weighted by molar-refractivity contribution is 7.89. The van der Waals surface area contributed by atoms with Crippen LogP contribution in [0.25, 0.3) is 0 Å². The van der Waals surface area contributed by atoms with E-state index in [9.17, 15) is 8.42 Å². The first-order chi connectivity index (χ1) is 9.99. The van der Waals surface area contributed by atoms with Crippen molar-refractivity contribution in [3.63, 3.8) is 0 Å². The molecule has 2 bridgehead atoms. The molecule has 0 amide bonds. The highest BCUT2D eigenvalue weighted by Crippen LogP contribution is 2.29. The van der Waals surface area contributed by atoms with Gasteiger partial charge in [-0.2, -0.15) is 5.26 Å². The van der Waals surface area contributed by atoms with E-state index < -0.39 is 10.0 Å². The number of nitrogens with zero attached hydrogens (tertiary/aromatic N) is 2. The van der Waals surface area contributed by atoms with Gasteiger partial charge in [0.05, 0.1) is 17.3 Å². The second-order valence-corrected chi connectivity index (χ2v) is 7.41. The van der Waals surface area contributed by atoms with Gasteiger partial charge in [0.25, 0.3) is 0 Å². The van der Waals surface area contributed by atoms with E-state index in [4.69, 9.17) is 11.0 Å². The van der Waals surface area contributed by atoms with Crippen LogP contribution < -0.4 is 10.5 Å². The Hall–Kier alpha value is -1.62. The van der Waals surface area contributed by atoms with Crippen molar-refractivity contribution >= 4 is 15.7 Å². The maximum atomic E-state index is 12.5. The van der Waals surface area contributed by atoms with Gasteiger partial charge in [0.2, 0.25) is 10.0 Å². The molecule has 7 heteroatoms. The van der Waals surface area contributed by atoms with Crippen LogP contribution in [0.1, 0.15) is 18.4 Å². The number of benzene rings is 1. The number of hydrogen-bond donors (Lipinski definition) is 2. The first kappa shape index (κ1) is 14.3. The zero-order chi connectivity index (χ0) is 15.0. The summed E-state index contributed by atoms with van der Waals surface area (Å²) < 4.78 is 27.8. The molecule has 3 aliphatic heterocycles. The van der Waals surface area contributed by atoms with Gasteiger partial charge in [0, 0.05) is 12.6 Å². The number of fused-ring (bicyclic) bond motifs is 3. The fourth-order valence-corrected chi connectivity index (χ4v) is 4.63. The van der Waals surface area contributed by atoms with Crippen molar-refractivity contribution in [3.05, 3.63) is 23.8 Å². The van der Waals surface area contributed by atoms with E-state index in [1.807, 2.05) is 6.07 Å². The van der Waals surface area contributed by atoms with E-state index in [0.29, 0.717) is 11.5 Å². The van der Waals surface area contributed by atoms with Gasteiger partial charge in [-0.1, -0.05) is 0 Å². The predicted octanol–water partition coefficient (Wildman–Crippen LogP) is 0.513. The average molecular weight is 306 g/mol. The molecule has 0 radical (unpaired) electrons. The Morgan fingerprint density at radius 2 is 2.05 bits per heavy atom. The molecular weight excluding hydrogens is 288 g/mol. The number of piperidine rings is 3. The average Bonchev–Trinajstić information content (AvgIpc) is 2.47. The Morgan fingerprint density at radius 3 is 2.57 bits per heavy atom. The molecule has 0 aromatic heterocycles. The van der Waals surface area contributed by atoms with Gasteiger partial charge in [-0.3, -0.25) is 0 Å². The highest BCUT2D eigenvalue weighted by atomic mass is 32.2. The first-order valence-electron chi connectivity index (χ1n) is 7.04. The van der Waals surface area contributed by atoms with Gasteiger partial charge >= 0.3 is 0 Å². The summed E-state index contributed by atoms with van der Waals surface area (Å²) in [5.74, 6) is 0.407. The number of rotatable bonds is 3. The first-order valence-corrected chi connectivity index (χ1v) is 8.52. The summed E-state index contributed by atoms with van der Waals surface area (Å²) in [6.45, 7) is 2.88. The fourth-order valence-electron chi connectivity index (χ4n) is 3.22. The molecule has 4 rings (SSSR count). The molecule has 112 valence electrons. The Labute approximate surface area is 124 Å². The lowest BCUT2D eigenvalue weighted by Gasteiger charge is -2.44. The second-order valence-electron chi connectivity index (χ2n) is 5.73. The van der Waals surface area contributed by atoms with Crippen LogP contribution >= 0.6 is 0 Å². The lowest BCUT2D eigenvalue weighted by atomic mass is 9.85. The van der Waals surface area contributed by atoms with E-state index in [0.717, 1.165) is 32.5 Å². The van der Waals surface area contributed by atoms with Gasteiger partial charge in [0.1, 0.15) is 4.90 Å². The number of sulfonamides is 1. The third-order valence-electron chi connectivity index (χ3n) is 4.39. The van der Waals surface area contributed by atoms with E-state index in [1.54, 1.807) is 0 Å². The number of nitrogen functional groups attached to an aromatic ring is 1. The number of nitrogens with one attached hydrogen (secondary N) is 1. The lowest BCUT2D eigenvalue weighted by Crippen LogP contribution is -2.57. The van der Waals surface area contributed by atoms with E-state index in [2.05, 4.69) is 9.62 Å². The summed E-state index contributed by atoms with van der Waals surface area (Å²) >= 11 is 0. The van der Waals surface area contributed by atoms with Crippen LogP contribution in [0, 0.1) is 17.2 Å². The van der Waals surface area contributed by atoms with Crippen molar-refractivity contribution < 1.29 is 8.42 Å². The molecule has 0 spiro atoms. The van der Waals surface area contributed by atoms with Crippen molar-refractivity contribution in [2.75, 3.05) is 25.4 Å². The lowest BCUT2D eigenvalue weighted by molar-refractivity contribution is 0.0827. The molecule has 0 saturated carbocycles. The zero-order valence-corrected chi connectivity index (χ0v) is 12.4. The van der Waals surface area contributed by atoms with Gasteiger partial charge in [-0.25, -0.2) is 13.1 Å². The molecular formula is C14H18N4O2S. The Bertz CT molecular complexity index is 687. The fraction of sp³-hybridized carbons (Fsp3) is 0.500. The topological polar surface area (TPSA) is 99.2 Å². The largest absolute Gasteiger partial charge is 0.398 e. The number of anilines is 1. The minimum Gasteiger partial charge on any atom is -0.398 e. The zero-order valence-electron chi connectivity index (χ0n) is 11.6.